The van der Waals surface area contributed by atoms with Gasteiger partial charge in [0.05, 0.1) is 5.69 Å². The summed E-state index contributed by atoms with van der Waals surface area (Å²) in [6.07, 6.45) is 0.713. The molecule has 0 unspecified atom stereocenters. The van der Waals surface area contributed by atoms with Crippen LogP contribution >= 0.6 is 11.3 Å². The molecule has 0 saturated heterocycles. The smallest absolute Gasteiger partial charge is 0.319 e. The monoisotopic (exact) mass is 337 g/mol. The summed E-state index contributed by atoms with van der Waals surface area (Å²) >= 11 is 1.63. The summed E-state index contributed by atoms with van der Waals surface area (Å²) in [4.78, 5) is 16.5. The lowest BCUT2D eigenvalue weighted by atomic mass is 10.2. The summed E-state index contributed by atoms with van der Waals surface area (Å²) in [5.41, 5.74) is 4.03. The zero-order valence-corrected chi connectivity index (χ0v) is 14.3. The highest BCUT2D eigenvalue weighted by molar-refractivity contribution is 7.13. The minimum atomic E-state index is -0.195. The number of rotatable bonds is 5. The van der Waals surface area contributed by atoms with E-state index in [9.17, 15) is 4.79 Å². The summed E-state index contributed by atoms with van der Waals surface area (Å²) in [5, 5.41) is 8.75. The van der Waals surface area contributed by atoms with E-state index >= 15 is 0 Å². The number of carbonyl (C=O) groups excluding carboxylic acids is 1. The molecular weight excluding hydrogens is 318 g/mol. The van der Waals surface area contributed by atoms with Crippen LogP contribution in [0.25, 0.3) is 10.6 Å². The number of hydrogen-bond acceptors (Lipinski definition) is 3. The van der Waals surface area contributed by atoms with Crippen molar-refractivity contribution in [2.24, 2.45) is 0 Å². The van der Waals surface area contributed by atoms with Crippen molar-refractivity contribution in [2.75, 3.05) is 11.9 Å². The van der Waals surface area contributed by atoms with Gasteiger partial charge in [-0.2, -0.15) is 0 Å². The van der Waals surface area contributed by atoms with Crippen molar-refractivity contribution in [1.29, 1.82) is 0 Å². The average Bonchev–Trinajstić information content (AvgIpc) is 3.04. The normalized spacial score (nSPS) is 10.4. The van der Waals surface area contributed by atoms with E-state index in [1.807, 2.05) is 54.8 Å². The number of thiazole rings is 1. The van der Waals surface area contributed by atoms with Crippen molar-refractivity contribution in [3.63, 3.8) is 0 Å². The van der Waals surface area contributed by atoms with Crippen molar-refractivity contribution in [3.05, 3.63) is 71.2 Å². The molecule has 1 aromatic heterocycles. The summed E-state index contributed by atoms with van der Waals surface area (Å²) in [5.74, 6) is 0. The van der Waals surface area contributed by atoms with Gasteiger partial charge in [-0.25, -0.2) is 9.78 Å². The second-order valence-corrected chi connectivity index (χ2v) is 6.37. The number of urea groups is 1. The zero-order chi connectivity index (χ0) is 16.8. The molecule has 0 fully saturated rings. The second-order valence-electron chi connectivity index (χ2n) is 5.51. The van der Waals surface area contributed by atoms with E-state index in [4.69, 9.17) is 0 Å². The fourth-order valence-electron chi connectivity index (χ4n) is 2.34. The van der Waals surface area contributed by atoms with E-state index in [1.54, 1.807) is 11.3 Å². The highest BCUT2D eigenvalue weighted by Crippen LogP contribution is 2.23. The van der Waals surface area contributed by atoms with E-state index in [0.29, 0.717) is 13.0 Å². The Hall–Kier alpha value is -2.66. The molecule has 4 nitrogen and oxygen atoms in total. The molecule has 2 amide bonds. The SMILES string of the molecule is Cc1cccc(NC(=O)NCCc2csc(-c3ccccc3)n2)c1. The molecule has 3 rings (SSSR count). The van der Waals surface area contributed by atoms with E-state index in [1.165, 1.54) is 0 Å². The van der Waals surface area contributed by atoms with Gasteiger partial charge in [0.2, 0.25) is 0 Å². The first-order valence-electron chi connectivity index (χ1n) is 7.82. The van der Waals surface area contributed by atoms with Gasteiger partial charge in [-0.1, -0.05) is 42.5 Å². The number of aryl methyl sites for hydroxylation is 1. The Kier molecular flexibility index (Phi) is 5.23. The molecule has 0 aliphatic rings. The molecule has 0 spiro atoms. The fraction of sp³-hybridized carbons (Fsp3) is 0.158. The van der Waals surface area contributed by atoms with E-state index < -0.39 is 0 Å². The van der Waals surface area contributed by atoms with Gasteiger partial charge in [0.1, 0.15) is 5.01 Å². The molecule has 0 bridgehead atoms. The maximum atomic E-state index is 11.9. The minimum absolute atomic E-state index is 0.195. The maximum absolute atomic E-state index is 11.9. The molecule has 2 aromatic carbocycles. The van der Waals surface area contributed by atoms with Crippen molar-refractivity contribution in [1.82, 2.24) is 10.3 Å². The molecule has 3 aromatic rings. The average molecular weight is 337 g/mol. The molecule has 0 aliphatic carbocycles. The first-order valence-corrected chi connectivity index (χ1v) is 8.70. The summed E-state index contributed by atoms with van der Waals surface area (Å²) in [6.45, 7) is 2.55. The van der Waals surface area contributed by atoms with Crippen LogP contribution in [0.4, 0.5) is 10.5 Å². The molecule has 1 heterocycles. The predicted octanol–water partition coefficient (Wildman–Crippen LogP) is 4.48. The van der Waals surface area contributed by atoms with Gasteiger partial charge in [0.15, 0.2) is 0 Å². The van der Waals surface area contributed by atoms with Crippen LogP contribution < -0.4 is 10.6 Å². The minimum Gasteiger partial charge on any atom is -0.337 e. The van der Waals surface area contributed by atoms with E-state index in [0.717, 1.165) is 27.5 Å². The van der Waals surface area contributed by atoms with Crippen molar-refractivity contribution in [2.45, 2.75) is 13.3 Å². The van der Waals surface area contributed by atoms with E-state index in [-0.39, 0.29) is 6.03 Å². The molecule has 24 heavy (non-hydrogen) atoms. The molecule has 0 aliphatic heterocycles. The number of amides is 2. The Morgan fingerprint density at radius 2 is 1.96 bits per heavy atom. The number of carbonyl (C=O) groups is 1. The molecule has 2 N–H and O–H groups in total. The number of aromatic nitrogens is 1. The van der Waals surface area contributed by atoms with Gasteiger partial charge < -0.3 is 10.6 Å². The Morgan fingerprint density at radius 1 is 1.12 bits per heavy atom. The highest BCUT2D eigenvalue weighted by atomic mass is 32.1. The standard InChI is InChI=1S/C19H19N3OS/c1-14-6-5-9-16(12-14)22-19(23)20-11-10-17-13-24-18(21-17)15-7-3-2-4-8-15/h2-9,12-13H,10-11H2,1H3,(H2,20,22,23). The van der Waals surface area contributed by atoms with Crippen LogP contribution in [0.15, 0.2) is 60.0 Å². The number of benzene rings is 2. The van der Waals surface area contributed by atoms with Crippen LogP contribution in [-0.4, -0.2) is 17.6 Å². The summed E-state index contributed by atoms with van der Waals surface area (Å²) in [7, 11) is 0. The van der Waals surface area contributed by atoms with Crippen molar-refractivity contribution < 1.29 is 4.79 Å². The Balaban J connectivity index is 1.48. The van der Waals surface area contributed by atoms with Crippen molar-refractivity contribution in [3.8, 4) is 10.6 Å². The quantitative estimate of drug-likeness (QED) is 0.721. The number of nitrogens with one attached hydrogen (secondary N) is 2. The van der Waals surface area contributed by atoms with Crippen molar-refractivity contribution >= 4 is 23.1 Å². The topological polar surface area (TPSA) is 54.0 Å². The first kappa shape index (κ1) is 16.2. The van der Waals surface area contributed by atoms with Crippen LogP contribution in [0.2, 0.25) is 0 Å². The number of hydrogen-bond donors (Lipinski definition) is 2. The third-order valence-corrected chi connectivity index (χ3v) is 4.46. The third-order valence-electron chi connectivity index (χ3n) is 3.52. The van der Waals surface area contributed by atoms with Crippen LogP contribution in [0, 0.1) is 6.92 Å². The Bertz CT molecular complexity index is 814. The number of anilines is 1. The summed E-state index contributed by atoms with van der Waals surface area (Å²) in [6, 6.07) is 17.6. The van der Waals surface area contributed by atoms with Crippen LogP contribution in [0.1, 0.15) is 11.3 Å². The molecule has 0 saturated carbocycles. The molecule has 0 radical (unpaired) electrons. The maximum Gasteiger partial charge on any atom is 0.319 e. The lowest BCUT2D eigenvalue weighted by Crippen LogP contribution is -2.30. The van der Waals surface area contributed by atoms with Gasteiger partial charge in [-0.3, -0.25) is 0 Å². The molecular formula is C19H19N3OS. The van der Waals surface area contributed by atoms with Crippen LogP contribution in [-0.2, 0) is 6.42 Å². The fourth-order valence-corrected chi connectivity index (χ4v) is 3.20. The zero-order valence-electron chi connectivity index (χ0n) is 13.5. The highest BCUT2D eigenvalue weighted by Gasteiger charge is 2.05. The molecule has 122 valence electrons. The van der Waals surface area contributed by atoms with Gasteiger partial charge in [0, 0.05) is 29.6 Å². The van der Waals surface area contributed by atoms with Gasteiger partial charge >= 0.3 is 6.03 Å². The lowest BCUT2D eigenvalue weighted by Gasteiger charge is -2.07. The lowest BCUT2D eigenvalue weighted by molar-refractivity contribution is 0.252. The third kappa shape index (κ3) is 4.43. The molecule has 5 heteroatoms. The van der Waals surface area contributed by atoms with Gasteiger partial charge in [-0.05, 0) is 24.6 Å². The predicted molar refractivity (Wildman–Crippen MR) is 99.5 cm³/mol. The summed E-state index contributed by atoms with van der Waals surface area (Å²) < 4.78 is 0. The molecule has 0 atom stereocenters. The van der Waals surface area contributed by atoms with Crippen LogP contribution in [0.3, 0.4) is 0 Å². The first-order chi connectivity index (χ1) is 11.7. The Morgan fingerprint density at radius 3 is 2.75 bits per heavy atom. The Labute approximate surface area is 145 Å². The second kappa shape index (κ2) is 7.75. The van der Waals surface area contributed by atoms with Gasteiger partial charge in [-0.15, -0.1) is 11.3 Å². The van der Waals surface area contributed by atoms with E-state index in [2.05, 4.69) is 27.8 Å². The van der Waals surface area contributed by atoms with Crippen LogP contribution in [0.5, 0.6) is 0 Å². The van der Waals surface area contributed by atoms with Gasteiger partial charge in [0.25, 0.3) is 0 Å². The largest absolute Gasteiger partial charge is 0.337 e. The number of nitrogens with zero attached hydrogens (tertiary/aromatic N) is 1.